The lowest BCUT2D eigenvalue weighted by Gasteiger charge is -2.13. The SMILES string of the molecule is O=c1ccc(-c2ccc(OC(F)(F)F)cc2)c(C(F)(F)F)[nH]1. The Balaban J connectivity index is 2.43. The van der Waals surface area contributed by atoms with Crippen LogP contribution < -0.4 is 10.3 Å². The minimum Gasteiger partial charge on any atom is -0.406 e. The van der Waals surface area contributed by atoms with E-state index in [-0.39, 0.29) is 11.1 Å². The summed E-state index contributed by atoms with van der Waals surface area (Å²) in [4.78, 5) is 12.7. The Labute approximate surface area is 119 Å². The predicted molar refractivity (Wildman–Crippen MR) is 64.2 cm³/mol. The van der Waals surface area contributed by atoms with Crippen LogP contribution >= 0.6 is 0 Å². The first-order valence-electron chi connectivity index (χ1n) is 5.73. The number of rotatable bonds is 2. The van der Waals surface area contributed by atoms with E-state index in [0.29, 0.717) is 0 Å². The molecule has 1 aromatic heterocycles. The van der Waals surface area contributed by atoms with Crippen molar-refractivity contribution < 1.29 is 31.1 Å². The van der Waals surface area contributed by atoms with Gasteiger partial charge in [0.15, 0.2) is 0 Å². The van der Waals surface area contributed by atoms with Crippen LogP contribution in [0.1, 0.15) is 5.69 Å². The maximum atomic E-state index is 12.9. The van der Waals surface area contributed by atoms with Crippen LogP contribution in [0, 0.1) is 0 Å². The van der Waals surface area contributed by atoms with Gasteiger partial charge < -0.3 is 9.72 Å². The highest BCUT2D eigenvalue weighted by Gasteiger charge is 2.35. The molecular weight excluding hydrogens is 316 g/mol. The van der Waals surface area contributed by atoms with E-state index in [1.807, 2.05) is 0 Å². The fourth-order valence-electron chi connectivity index (χ4n) is 1.77. The molecule has 1 heterocycles. The average molecular weight is 323 g/mol. The smallest absolute Gasteiger partial charge is 0.406 e. The Hall–Kier alpha value is -2.45. The molecule has 0 atom stereocenters. The van der Waals surface area contributed by atoms with Gasteiger partial charge in [-0.3, -0.25) is 4.79 Å². The topological polar surface area (TPSA) is 42.1 Å². The monoisotopic (exact) mass is 323 g/mol. The van der Waals surface area contributed by atoms with Crippen LogP contribution in [0.4, 0.5) is 26.3 Å². The molecule has 22 heavy (non-hydrogen) atoms. The Morgan fingerprint density at radius 1 is 0.864 bits per heavy atom. The van der Waals surface area contributed by atoms with Crippen molar-refractivity contribution in [2.75, 3.05) is 0 Å². The first-order valence-corrected chi connectivity index (χ1v) is 5.73. The fraction of sp³-hybridized carbons (Fsp3) is 0.154. The van der Waals surface area contributed by atoms with E-state index in [1.54, 1.807) is 4.98 Å². The molecule has 0 unspecified atom stereocenters. The Bertz CT molecular complexity index is 715. The van der Waals surface area contributed by atoms with Crippen molar-refractivity contribution in [1.82, 2.24) is 4.98 Å². The zero-order chi connectivity index (χ0) is 16.5. The molecule has 0 aliphatic carbocycles. The summed E-state index contributed by atoms with van der Waals surface area (Å²) >= 11 is 0. The number of aromatic amines is 1. The summed E-state index contributed by atoms with van der Waals surface area (Å²) in [5, 5.41) is 0. The molecule has 9 heteroatoms. The van der Waals surface area contributed by atoms with Gasteiger partial charge in [-0.15, -0.1) is 13.2 Å². The molecule has 0 saturated heterocycles. The standard InChI is InChI=1S/C13H7F6NO2/c14-12(15,16)11-9(5-6-10(21)20-11)7-1-3-8(4-2-7)22-13(17,18)19/h1-6H,(H,20,21). The zero-order valence-corrected chi connectivity index (χ0v) is 10.5. The molecule has 0 aliphatic heterocycles. The zero-order valence-electron chi connectivity index (χ0n) is 10.5. The second-order valence-corrected chi connectivity index (χ2v) is 4.18. The van der Waals surface area contributed by atoms with Gasteiger partial charge in [0, 0.05) is 11.6 Å². The number of ether oxygens (including phenoxy) is 1. The molecule has 2 rings (SSSR count). The van der Waals surface area contributed by atoms with Gasteiger partial charge in [-0.1, -0.05) is 12.1 Å². The van der Waals surface area contributed by atoms with E-state index in [4.69, 9.17) is 0 Å². The van der Waals surface area contributed by atoms with Gasteiger partial charge in [-0.25, -0.2) is 0 Å². The van der Waals surface area contributed by atoms with Crippen molar-refractivity contribution in [3.63, 3.8) is 0 Å². The number of benzene rings is 1. The number of alkyl halides is 6. The lowest BCUT2D eigenvalue weighted by Crippen LogP contribution is -2.17. The summed E-state index contributed by atoms with van der Waals surface area (Å²) < 4.78 is 78.3. The van der Waals surface area contributed by atoms with Crippen LogP contribution in [0.3, 0.4) is 0 Å². The Kier molecular flexibility index (Phi) is 3.90. The maximum absolute atomic E-state index is 12.9. The second kappa shape index (κ2) is 5.39. The van der Waals surface area contributed by atoms with Gasteiger partial charge in [0.05, 0.1) is 0 Å². The number of aromatic nitrogens is 1. The highest BCUT2D eigenvalue weighted by atomic mass is 19.4. The van der Waals surface area contributed by atoms with Crippen molar-refractivity contribution in [1.29, 1.82) is 0 Å². The number of halogens is 6. The molecular formula is C13H7F6NO2. The molecule has 0 fully saturated rings. The van der Waals surface area contributed by atoms with Gasteiger partial charge in [-0.05, 0) is 23.8 Å². The van der Waals surface area contributed by atoms with E-state index in [0.717, 1.165) is 36.4 Å². The van der Waals surface area contributed by atoms with E-state index in [9.17, 15) is 31.1 Å². The highest BCUT2D eigenvalue weighted by molar-refractivity contribution is 5.67. The summed E-state index contributed by atoms with van der Waals surface area (Å²) in [5.74, 6) is -0.561. The van der Waals surface area contributed by atoms with Crippen LogP contribution in [0.2, 0.25) is 0 Å². The van der Waals surface area contributed by atoms with Gasteiger partial charge in [0.2, 0.25) is 5.56 Å². The summed E-state index contributed by atoms with van der Waals surface area (Å²) in [5.41, 5.74) is -2.58. The minimum atomic E-state index is -4.89. The van der Waals surface area contributed by atoms with Crippen molar-refractivity contribution >= 4 is 0 Å². The second-order valence-electron chi connectivity index (χ2n) is 4.18. The highest BCUT2D eigenvalue weighted by Crippen LogP contribution is 2.35. The molecule has 0 aliphatic rings. The molecule has 0 spiro atoms. The summed E-state index contributed by atoms with van der Waals surface area (Å²) in [6.45, 7) is 0. The van der Waals surface area contributed by atoms with Crippen molar-refractivity contribution in [3.8, 4) is 16.9 Å². The van der Waals surface area contributed by atoms with Crippen LogP contribution in [0.5, 0.6) is 5.75 Å². The average Bonchev–Trinajstić information content (AvgIpc) is 2.37. The van der Waals surface area contributed by atoms with Gasteiger partial charge in [0.25, 0.3) is 0 Å². The maximum Gasteiger partial charge on any atom is 0.573 e. The van der Waals surface area contributed by atoms with Gasteiger partial charge >= 0.3 is 12.5 Å². The molecule has 2 aromatic rings. The number of pyridine rings is 1. The predicted octanol–water partition coefficient (Wildman–Crippen LogP) is 3.96. The molecule has 0 bridgehead atoms. The van der Waals surface area contributed by atoms with Crippen LogP contribution in [-0.2, 0) is 6.18 Å². The first-order chi connectivity index (χ1) is 10.1. The van der Waals surface area contributed by atoms with Crippen molar-refractivity contribution in [2.45, 2.75) is 12.5 Å². The number of hydrogen-bond acceptors (Lipinski definition) is 2. The normalized spacial score (nSPS) is 12.3. The van der Waals surface area contributed by atoms with Gasteiger partial charge in [0.1, 0.15) is 11.4 Å². The lowest BCUT2D eigenvalue weighted by atomic mass is 10.0. The molecule has 1 N–H and O–H groups in total. The fourth-order valence-corrected chi connectivity index (χ4v) is 1.77. The van der Waals surface area contributed by atoms with E-state index >= 15 is 0 Å². The lowest BCUT2D eigenvalue weighted by molar-refractivity contribution is -0.274. The van der Waals surface area contributed by atoms with E-state index in [1.165, 1.54) is 0 Å². The minimum absolute atomic E-state index is 0.0156. The van der Waals surface area contributed by atoms with Crippen molar-refractivity contribution in [3.05, 3.63) is 52.4 Å². The Morgan fingerprint density at radius 3 is 1.95 bits per heavy atom. The first kappa shape index (κ1) is 15.9. The quantitative estimate of drug-likeness (QED) is 0.850. The molecule has 1 aromatic carbocycles. The summed E-state index contributed by atoms with van der Waals surface area (Å²) in [6, 6.07) is 5.67. The third kappa shape index (κ3) is 3.80. The van der Waals surface area contributed by atoms with Crippen LogP contribution in [-0.4, -0.2) is 11.3 Å². The molecule has 0 saturated carbocycles. The largest absolute Gasteiger partial charge is 0.573 e. The van der Waals surface area contributed by atoms with Crippen LogP contribution in [0.15, 0.2) is 41.2 Å². The summed E-state index contributed by atoms with van der Waals surface area (Å²) in [6.07, 6.45) is -9.70. The summed E-state index contributed by atoms with van der Waals surface area (Å²) in [7, 11) is 0. The third-order valence-electron chi connectivity index (χ3n) is 2.60. The molecule has 118 valence electrons. The molecule has 0 radical (unpaired) electrons. The van der Waals surface area contributed by atoms with E-state index < -0.39 is 29.5 Å². The number of nitrogens with one attached hydrogen (secondary N) is 1. The molecule has 3 nitrogen and oxygen atoms in total. The molecule has 0 amide bonds. The van der Waals surface area contributed by atoms with Crippen molar-refractivity contribution in [2.24, 2.45) is 0 Å². The number of H-pyrrole nitrogens is 1. The van der Waals surface area contributed by atoms with E-state index in [2.05, 4.69) is 4.74 Å². The number of hydrogen-bond donors (Lipinski definition) is 1. The Morgan fingerprint density at radius 2 is 1.45 bits per heavy atom. The van der Waals surface area contributed by atoms with Crippen LogP contribution in [0.25, 0.3) is 11.1 Å². The van der Waals surface area contributed by atoms with Gasteiger partial charge in [-0.2, -0.15) is 13.2 Å². The third-order valence-corrected chi connectivity index (χ3v) is 2.60.